The molecule has 0 unspecified atom stereocenters. The highest BCUT2D eigenvalue weighted by Crippen LogP contribution is 2.33. The predicted molar refractivity (Wildman–Crippen MR) is 97.6 cm³/mol. The van der Waals surface area contributed by atoms with Crippen LogP contribution in [0.5, 0.6) is 0 Å². The number of aryl methyl sites for hydroxylation is 2. The summed E-state index contributed by atoms with van der Waals surface area (Å²) < 4.78 is 5.12. The van der Waals surface area contributed by atoms with Crippen molar-refractivity contribution >= 4 is 50.6 Å². The van der Waals surface area contributed by atoms with Crippen LogP contribution >= 0.6 is 22.9 Å². The molecule has 0 aliphatic rings. The van der Waals surface area contributed by atoms with E-state index in [1.165, 1.54) is 16.9 Å². The predicted octanol–water partition coefficient (Wildman–Crippen LogP) is 4.88. The molecule has 3 aromatic rings. The van der Waals surface area contributed by atoms with Crippen molar-refractivity contribution in [3.8, 4) is 0 Å². The number of rotatable bonds is 4. The van der Waals surface area contributed by atoms with Gasteiger partial charge in [0.2, 0.25) is 5.28 Å². The Balaban J connectivity index is 2.09. The summed E-state index contributed by atoms with van der Waals surface area (Å²) in [5.74, 6) is 0.107. The molecule has 2 heterocycles. The number of ether oxygens (including phenoxy) is 1. The Bertz CT molecular complexity index is 924. The molecule has 1 aromatic carbocycles. The first-order valence-electron chi connectivity index (χ1n) is 7.45. The zero-order valence-electron chi connectivity index (χ0n) is 13.5. The van der Waals surface area contributed by atoms with Gasteiger partial charge in [-0.2, -0.15) is 4.98 Å². The van der Waals surface area contributed by atoms with Crippen LogP contribution in [0.3, 0.4) is 0 Å². The summed E-state index contributed by atoms with van der Waals surface area (Å²) >= 11 is 7.36. The van der Waals surface area contributed by atoms with E-state index >= 15 is 0 Å². The van der Waals surface area contributed by atoms with Crippen molar-refractivity contribution in [2.45, 2.75) is 20.8 Å². The smallest absolute Gasteiger partial charge is 0.339 e. The number of thiophene rings is 1. The first-order chi connectivity index (χ1) is 11.5. The average molecular weight is 362 g/mol. The number of hydrogen-bond donors (Lipinski definition) is 1. The molecule has 24 heavy (non-hydrogen) atoms. The molecule has 0 amide bonds. The molecule has 0 aliphatic carbocycles. The normalized spacial score (nSPS) is 10.8. The summed E-state index contributed by atoms with van der Waals surface area (Å²) in [5, 5.41) is 5.72. The Morgan fingerprint density at radius 1 is 1.29 bits per heavy atom. The number of fused-ring (bicyclic) bond motifs is 1. The van der Waals surface area contributed by atoms with Crippen molar-refractivity contribution in [3.63, 3.8) is 0 Å². The Kier molecular flexibility index (Phi) is 4.69. The van der Waals surface area contributed by atoms with Crippen molar-refractivity contribution in [1.82, 2.24) is 9.97 Å². The summed E-state index contributed by atoms with van der Waals surface area (Å²) in [5.41, 5.74) is 3.68. The zero-order chi connectivity index (χ0) is 17.3. The van der Waals surface area contributed by atoms with Gasteiger partial charge in [-0.1, -0.05) is 6.07 Å². The second-order valence-electron chi connectivity index (χ2n) is 5.32. The third-order valence-corrected chi connectivity index (χ3v) is 4.71. The van der Waals surface area contributed by atoms with Crippen molar-refractivity contribution in [1.29, 1.82) is 0 Å². The Labute approximate surface area is 148 Å². The molecule has 0 bridgehead atoms. The second-order valence-corrected chi connectivity index (χ2v) is 6.51. The molecule has 2 aromatic heterocycles. The van der Waals surface area contributed by atoms with Crippen LogP contribution in [0.1, 0.15) is 28.4 Å². The van der Waals surface area contributed by atoms with Gasteiger partial charge in [0.05, 0.1) is 17.6 Å². The SMILES string of the molecule is CCOC(=O)c1csc2nc(Cl)nc(Nc3ccc(C)c(C)c3)c12. The molecule has 0 radical (unpaired) electrons. The number of carbonyl (C=O) groups excluding carboxylic acids is 1. The monoisotopic (exact) mass is 361 g/mol. The van der Waals surface area contributed by atoms with Crippen LogP contribution in [-0.4, -0.2) is 22.5 Å². The highest BCUT2D eigenvalue weighted by molar-refractivity contribution is 7.17. The Morgan fingerprint density at radius 3 is 2.79 bits per heavy atom. The molecule has 5 nitrogen and oxygen atoms in total. The lowest BCUT2D eigenvalue weighted by Gasteiger charge is -2.10. The van der Waals surface area contributed by atoms with Crippen LogP contribution in [0.2, 0.25) is 5.28 Å². The molecule has 0 fully saturated rings. The molecular weight excluding hydrogens is 346 g/mol. The van der Waals surface area contributed by atoms with Gasteiger partial charge in [0.15, 0.2) is 0 Å². The molecule has 7 heteroatoms. The van der Waals surface area contributed by atoms with Crippen LogP contribution in [-0.2, 0) is 4.74 Å². The van der Waals surface area contributed by atoms with Gasteiger partial charge in [-0.15, -0.1) is 11.3 Å². The largest absolute Gasteiger partial charge is 0.462 e. The van der Waals surface area contributed by atoms with E-state index < -0.39 is 5.97 Å². The number of benzene rings is 1. The molecule has 0 aliphatic heterocycles. The van der Waals surface area contributed by atoms with E-state index in [1.54, 1.807) is 12.3 Å². The van der Waals surface area contributed by atoms with Gasteiger partial charge >= 0.3 is 5.97 Å². The maximum atomic E-state index is 12.2. The van der Waals surface area contributed by atoms with Crippen LogP contribution in [0.25, 0.3) is 10.2 Å². The number of aromatic nitrogens is 2. The summed E-state index contributed by atoms with van der Waals surface area (Å²) in [6, 6.07) is 6.01. The van der Waals surface area contributed by atoms with E-state index in [0.29, 0.717) is 28.2 Å². The highest BCUT2D eigenvalue weighted by atomic mass is 35.5. The fourth-order valence-electron chi connectivity index (χ4n) is 2.32. The Morgan fingerprint density at radius 2 is 2.08 bits per heavy atom. The minimum absolute atomic E-state index is 0.131. The summed E-state index contributed by atoms with van der Waals surface area (Å²) in [6.07, 6.45) is 0. The molecule has 0 saturated heterocycles. The van der Waals surface area contributed by atoms with Gasteiger partial charge in [0.1, 0.15) is 10.6 Å². The third kappa shape index (κ3) is 3.20. The lowest BCUT2D eigenvalue weighted by atomic mass is 10.1. The van der Waals surface area contributed by atoms with Crippen molar-refractivity contribution in [2.75, 3.05) is 11.9 Å². The fourth-order valence-corrected chi connectivity index (χ4v) is 3.45. The van der Waals surface area contributed by atoms with Gasteiger partial charge in [-0.3, -0.25) is 0 Å². The molecule has 0 atom stereocenters. The van der Waals surface area contributed by atoms with E-state index in [1.807, 2.05) is 25.1 Å². The minimum atomic E-state index is -0.391. The van der Waals surface area contributed by atoms with Crippen molar-refractivity contribution in [3.05, 3.63) is 45.6 Å². The number of anilines is 2. The van der Waals surface area contributed by atoms with E-state index in [9.17, 15) is 4.79 Å². The van der Waals surface area contributed by atoms with Crippen LogP contribution in [0.4, 0.5) is 11.5 Å². The highest BCUT2D eigenvalue weighted by Gasteiger charge is 2.19. The third-order valence-electron chi connectivity index (χ3n) is 3.67. The first-order valence-corrected chi connectivity index (χ1v) is 8.71. The topological polar surface area (TPSA) is 64.1 Å². The van der Waals surface area contributed by atoms with Crippen LogP contribution in [0, 0.1) is 13.8 Å². The standard InChI is InChI=1S/C17H16ClN3O2S/c1-4-23-16(22)12-8-24-15-13(12)14(20-17(18)21-15)19-11-6-5-9(2)10(3)7-11/h5-8H,4H2,1-3H3,(H,19,20,21). The van der Waals surface area contributed by atoms with Crippen molar-refractivity contribution < 1.29 is 9.53 Å². The Hall–Kier alpha value is -2.18. The molecule has 0 saturated carbocycles. The molecule has 0 spiro atoms. The second kappa shape index (κ2) is 6.75. The van der Waals surface area contributed by atoms with Gasteiger partial charge in [-0.05, 0) is 55.6 Å². The number of carbonyl (C=O) groups is 1. The fraction of sp³-hybridized carbons (Fsp3) is 0.235. The van der Waals surface area contributed by atoms with E-state index in [4.69, 9.17) is 16.3 Å². The average Bonchev–Trinajstić information content (AvgIpc) is 2.95. The quantitative estimate of drug-likeness (QED) is 0.530. The number of hydrogen-bond acceptors (Lipinski definition) is 6. The lowest BCUT2D eigenvalue weighted by Crippen LogP contribution is -2.05. The van der Waals surface area contributed by atoms with Crippen molar-refractivity contribution in [2.24, 2.45) is 0 Å². The zero-order valence-corrected chi connectivity index (χ0v) is 15.1. The van der Waals surface area contributed by atoms with Crippen LogP contribution < -0.4 is 5.32 Å². The van der Waals surface area contributed by atoms with Gasteiger partial charge < -0.3 is 10.1 Å². The maximum absolute atomic E-state index is 12.2. The van der Waals surface area contributed by atoms with E-state index in [2.05, 4.69) is 22.2 Å². The van der Waals surface area contributed by atoms with Gasteiger partial charge in [-0.25, -0.2) is 9.78 Å². The lowest BCUT2D eigenvalue weighted by molar-refractivity contribution is 0.0529. The molecule has 124 valence electrons. The van der Waals surface area contributed by atoms with Gasteiger partial charge in [0, 0.05) is 11.1 Å². The summed E-state index contributed by atoms with van der Waals surface area (Å²) in [4.78, 5) is 21.3. The summed E-state index contributed by atoms with van der Waals surface area (Å²) in [6.45, 7) is 6.17. The number of halogens is 1. The number of nitrogens with one attached hydrogen (secondary N) is 1. The summed E-state index contributed by atoms with van der Waals surface area (Å²) in [7, 11) is 0. The van der Waals surface area contributed by atoms with Gasteiger partial charge in [0.25, 0.3) is 0 Å². The maximum Gasteiger partial charge on any atom is 0.339 e. The minimum Gasteiger partial charge on any atom is -0.462 e. The molecular formula is C17H16ClN3O2S. The first kappa shape index (κ1) is 16.7. The van der Waals surface area contributed by atoms with E-state index in [-0.39, 0.29) is 5.28 Å². The number of esters is 1. The van der Waals surface area contributed by atoms with Crippen LogP contribution in [0.15, 0.2) is 23.6 Å². The number of nitrogens with zero attached hydrogens (tertiary/aromatic N) is 2. The molecule has 3 rings (SSSR count). The molecule has 1 N–H and O–H groups in total. The van der Waals surface area contributed by atoms with E-state index in [0.717, 1.165) is 11.3 Å².